The summed E-state index contributed by atoms with van der Waals surface area (Å²) in [4.78, 5) is 4.42. The van der Waals surface area contributed by atoms with Crippen LogP contribution in [0.5, 0.6) is 0 Å². The summed E-state index contributed by atoms with van der Waals surface area (Å²) >= 11 is 0. The van der Waals surface area contributed by atoms with Gasteiger partial charge in [0.05, 0.1) is 16.8 Å². The van der Waals surface area contributed by atoms with Gasteiger partial charge < -0.3 is 9.30 Å². The van der Waals surface area contributed by atoms with Gasteiger partial charge in [0.1, 0.15) is 11.9 Å². The van der Waals surface area contributed by atoms with Crippen molar-refractivity contribution in [2.24, 2.45) is 0 Å². The average Bonchev–Trinajstić information content (AvgIpc) is 3.00. The summed E-state index contributed by atoms with van der Waals surface area (Å²) in [5, 5.41) is 9.52. The predicted octanol–water partition coefficient (Wildman–Crippen LogP) is 3.27. The first-order chi connectivity index (χ1) is 12.3. The standard InChI is InChI=1S/C20H19FN4/c21-18-5-1-2-7-20(18)24-11-9-23(10-12-24)14-16-15-25-8-4-3-6-19(25)17(16)13-22/h1-8,15H,9-12,14H2. The second-order valence-corrected chi connectivity index (χ2v) is 6.35. The first kappa shape index (κ1) is 15.7. The van der Waals surface area contributed by atoms with Crippen molar-refractivity contribution < 1.29 is 4.39 Å². The molecule has 4 nitrogen and oxygen atoms in total. The summed E-state index contributed by atoms with van der Waals surface area (Å²) in [6, 6.07) is 15.2. The number of nitriles is 1. The Labute approximate surface area is 146 Å². The molecule has 0 radical (unpaired) electrons. The quantitative estimate of drug-likeness (QED) is 0.737. The van der Waals surface area contributed by atoms with E-state index in [1.807, 2.05) is 47.1 Å². The Morgan fingerprint density at radius 1 is 1.00 bits per heavy atom. The molecule has 0 amide bonds. The van der Waals surface area contributed by atoms with Crippen molar-refractivity contribution >= 4 is 11.2 Å². The molecule has 1 fully saturated rings. The number of rotatable bonds is 3. The minimum absolute atomic E-state index is 0.165. The Balaban J connectivity index is 1.48. The number of hydrogen-bond donors (Lipinski definition) is 0. The number of aromatic nitrogens is 1. The van der Waals surface area contributed by atoms with E-state index in [4.69, 9.17) is 0 Å². The molecule has 0 aliphatic carbocycles. The minimum Gasteiger partial charge on any atom is -0.367 e. The Hall–Kier alpha value is -2.84. The van der Waals surface area contributed by atoms with Crippen LogP contribution < -0.4 is 4.90 Å². The number of pyridine rings is 1. The molecule has 0 spiro atoms. The molecule has 0 unspecified atom stereocenters. The number of para-hydroxylation sites is 1. The molecule has 1 aliphatic rings. The Morgan fingerprint density at radius 2 is 1.76 bits per heavy atom. The molecular formula is C20H19FN4. The Kier molecular flexibility index (Phi) is 4.12. The number of benzene rings is 1. The van der Waals surface area contributed by atoms with Crippen molar-refractivity contribution in [1.29, 1.82) is 5.26 Å². The SMILES string of the molecule is N#Cc1c(CN2CCN(c3ccccc3F)CC2)cn2ccccc12. The second kappa shape index (κ2) is 6.58. The largest absolute Gasteiger partial charge is 0.367 e. The third-order valence-corrected chi connectivity index (χ3v) is 4.83. The van der Waals surface area contributed by atoms with Crippen molar-refractivity contribution in [3.05, 3.63) is 71.8 Å². The third kappa shape index (κ3) is 2.97. The molecule has 5 heteroatoms. The van der Waals surface area contributed by atoms with Crippen molar-refractivity contribution in [3.8, 4) is 6.07 Å². The summed E-state index contributed by atoms with van der Waals surface area (Å²) in [5.74, 6) is -0.165. The van der Waals surface area contributed by atoms with E-state index >= 15 is 0 Å². The number of fused-ring (bicyclic) bond motifs is 1. The van der Waals surface area contributed by atoms with Crippen LogP contribution in [0.2, 0.25) is 0 Å². The number of piperazine rings is 1. The zero-order valence-electron chi connectivity index (χ0n) is 13.9. The molecule has 0 saturated carbocycles. The molecule has 0 atom stereocenters. The molecular weight excluding hydrogens is 315 g/mol. The minimum atomic E-state index is -0.165. The Morgan fingerprint density at radius 3 is 2.52 bits per heavy atom. The van der Waals surface area contributed by atoms with E-state index in [1.165, 1.54) is 6.07 Å². The van der Waals surface area contributed by atoms with Gasteiger partial charge in [0.15, 0.2) is 0 Å². The van der Waals surface area contributed by atoms with Crippen LogP contribution in [-0.4, -0.2) is 35.5 Å². The molecule has 126 valence electrons. The summed E-state index contributed by atoms with van der Waals surface area (Å²) in [6.45, 7) is 4.03. The molecule has 4 rings (SSSR count). The maximum Gasteiger partial charge on any atom is 0.146 e. The zero-order valence-corrected chi connectivity index (χ0v) is 13.9. The van der Waals surface area contributed by atoms with Crippen molar-refractivity contribution in [2.75, 3.05) is 31.1 Å². The lowest BCUT2D eigenvalue weighted by molar-refractivity contribution is 0.249. The van der Waals surface area contributed by atoms with Crippen molar-refractivity contribution in [1.82, 2.24) is 9.30 Å². The van der Waals surface area contributed by atoms with Crippen LogP contribution in [0.4, 0.5) is 10.1 Å². The lowest BCUT2D eigenvalue weighted by Crippen LogP contribution is -2.46. The lowest BCUT2D eigenvalue weighted by Gasteiger charge is -2.36. The van der Waals surface area contributed by atoms with E-state index in [0.717, 1.165) is 49.4 Å². The van der Waals surface area contributed by atoms with Crippen molar-refractivity contribution in [3.63, 3.8) is 0 Å². The van der Waals surface area contributed by atoms with Gasteiger partial charge in [-0.2, -0.15) is 5.26 Å². The molecule has 25 heavy (non-hydrogen) atoms. The maximum atomic E-state index is 13.9. The van der Waals surface area contributed by atoms with E-state index in [9.17, 15) is 9.65 Å². The number of halogens is 1. The molecule has 3 heterocycles. The number of anilines is 1. The van der Waals surface area contributed by atoms with Crippen LogP contribution >= 0.6 is 0 Å². The van der Waals surface area contributed by atoms with Gasteiger partial charge in [0, 0.05) is 50.7 Å². The summed E-state index contributed by atoms with van der Waals surface area (Å²) in [5.41, 5.74) is 3.42. The van der Waals surface area contributed by atoms with Crippen molar-refractivity contribution in [2.45, 2.75) is 6.54 Å². The van der Waals surface area contributed by atoms with Crippen LogP contribution in [0.25, 0.3) is 5.52 Å². The molecule has 3 aromatic rings. The molecule has 1 aliphatic heterocycles. The highest BCUT2D eigenvalue weighted by Gasteiger charge is 2.21. The maximum absolute atomic E-state index is 13.9. The molecule has 1 saturated heterocycles. The number of hydrogen-bond acceptors (Lipinski definition) is 3. The smallest absolute Gasteiger partial charge is 0.146 e. The van der Waals surface area contributed by atoms with E-state index in [0.29, 0.717) is 5.69 Å². The highest BCUT2D eigenvalue weighted by Crippen LogP contribution is 2.23. The third-order valence-electron chi connectivity index (χ3n) is 4.83. The lowest BCUT2D eigenvalue weighted by atomic mass is 10.1. The van der Waals surface area contributed by atoms with E-state index < -0.39 is 0 Å². The summed E-state index contributed by atoms with van der Waals surface area (Å²) in [7, 11) is 0. The molecule has 0 N–H and O–H groups in total. The first-order valence-corrected chi connectivity index (χ1v) is 8.47. The molecule has 2 aromatic heterocycles. The molecule has 1 aromatic carbocycles. The van der Waals surface area contributed by atoms with Gasteiger partial charge in [-0.3, -0.25) is 4.90 Å². The monoisotopic (exact) mass is 334 g/mol. The van der Waals surface area contributed by atoms with Gasteiger partial charge in [0.2, 0.25) is 0 Å². The van der Waals surface area contributed by atoms with Gasteiger partial charge >= 0.3 is 0 Å². The molecule has 0 bridgehead atoms. The first-order valence-electron chi connectivity index (χ1n) is 8.47. The number of nitrogens with zero attached hydrogens (tertiary/aromatic N) is 4. The van der Waals surface area contributed by atoms with Crippen LogP contribution in [0, 0.1) is 17.1 Å². The van der Waals surface area contributed by atoms with Crippen LogP contribution in [0.15, 0.2) is 54.9 Å². The van der Waals surface area contributed by atoms with Gasteiger partial charge in [-0.1, -0.05) is 18.2 Å². The normalized spacial score (nSPS) is 15.4. The fourth-order valence-corrected chi connectivity index (χ4v) is 3.52. The van der Waals surface area contributed by atoms with Gasteiger partial charge in [-0.15, -0.1) is 0 Å². The second-order valence-electron chi connectivity index (χ2n) is 6.35. The fraction of sp³-hybridized carbons (Fsp3) is 0.250. The highest BCUT2D eigenvalue weighted by molar-refractivity contribution is 5.65. The van der Waals surface area contributed by atoms with E-state index in [2.05, 4.69) is 15.9 Å². The topological polar surface area (TPSA) is 34.7 Å². The van der Waals surface area contributed by atoms with Gasteiger partial charge in [0.25, 0.3) is 0 Å². The van der Waals surface area contributed by atoms with Crippen LogP contribution in [0.3, 0.4) is 0 Å². The summed E-state index contributed by atoms with van der Waals surface area (Å²) < 4.78 is 15.9. The average molecular weight is 334 g/mol. The summed E-state index contributed by atoms with van der Waals surface area (Å²) in [6.07, 6.45) is 4.01. The van der Waals surface area contributed by atoms with E-state index in [1.54, 1.807) is 6.07 Å². The van der Waals surface area contributed by atoms with Crippen LogP contribution in [-0.2, 0) is 6.54 Å². The van der Waals surface area contributed by atoms with Gasteiger partial charge in [-0.05, 0) is 24.3 Å². The predicted molar refractivity (Wildman–Crippen MR) is 96.0 cm³/mol. The highest BCUT2D eigenvalue weighted by atomic mass is 19.1. The Bertz CT molecular complexity index is 932. The van der Waals surface area contributed by atoms with Gasteiger partial charge in [-0.25, -0.2) is 4.39 Å². The van der Waals surface area contributed by atoms with E-state index in [-0.39, 0.29) is 5.82 Å². The zero-order chi connectivity index (χ0) is 17.2. The van der Waals surface area contributed by atoms with Crippen LogP contribution in [0.1, 0.15) is 11.1 Å². The fourth-order valence-electron chi connectivity index (χ4n) is 3.52.